The molecule has 16 nitrogen and oxygen atoms in total. The molecule has 2 fully saturated rings. The summed E-state index contributed by atoms with van der Waals surface area (Å²) < 4.78 is 62.8. The number of amides is 1. The second-order valence-electron chi connectivity index (χ2n) is 7.22. The Labute approximate surface area is 188 Å². The molecule has 0 radical (unpaired) electrons. The summed E-state index contributed by atoms with van der Waals surface area (Å²) in [4.78, 5) is 23.3. The molecule has 2 rings (SSSR count). The molecule has 1 amide bonds. The van der Waals surface area contributed by atoms with E-state index in [4.69, 9.17) is 23.7 Å². The van der Waals surface area contributed by atoms with Crippen LogP contribution < -0.4 is 5.32 Å². The molecule has 0 bridgehead atoms. The van der Waals surface area contributed by atoms with E-state index >= 15 is 0 Å². The van der Waals surface area contributed by atoms with Gasteiger partial charge in [-0.15, -0.1) is 0 Å². The molecule has 6 N–H and O–H groups in total. The van der Waals surface area contributed by atoms with E-state index in [-0.39, 0.29) is 0 Å². The average Bonchev–Trinajstić information content (AvgIpc) is 2.71. The Hall–Kier alpha value is -1.51. The first-order valence-electron chi connectivity index (χ1n) is 9.49. The zero-order valence-corrected chi connectivity index (χ0v) is 18.5. The summed E-state index contributed by atoms with van der Waals surface area (Å²) in [6, 6.07) is -1.38. The maximum Gasteiger partial charge on any atom is 0.397 e. The van der Waals surface area contributed by atoms with Gasteiger partial charge >= 0.3 is 16.4 Å². The summed E-state index contributed by atoms with van der Waals surface area (Å²) in [6.45, 7) is 0.229. The van der Waals surface area contributed by atoms with Crippen LogP contribution in [-0.4, -0.2) is 127 Å². The zero-order valence-electron chi connectivity index (χ0n) is 17.7. The molecule has 0 aromatic heterocycles. The van der Waals surface area contributed by atoms with Gasteiger partial charge in [0.05, 0.1) is 6.61 Å². The van der Waals surface area contributed by atoms with E-state index in [0.717, 1.165) is 21.1 Å². The van der Waals surface area contributed by atoms with Crippen LogP contribution in [-0.2, 0) is 47.9 Å². The number of carbonyl (C=O) groups is 2. The number of carboxylic acids is 1. The van der Waals surface area contributed by atoms with Crippen molar-refractivity contribution >= 4 is 22.3 Å². The lowest BCUT2D eigenvalue weighted by Crippen LogP contribution is -2.68. The Balaban J connectivity index is 2.47. The molecule has 2 heterocycles. The second kappa shape index (κ2) is 11.3. The van der Waals surface area contributed by atoms with Gasteiger partial charge in [-0.1, -0.05) is 0 Å². The van der Waals surface area contributed by atoms with Crippen LogP contribution in [0.15, 0.2) is 0 Å². The molecular weight excluding hydrogens is 478 g/mol. The number of ether oxygens (including phenoxy) is 5. The highest BCUT2D eigenvalue weighted by Gasteiger charge is 2.54. The summed E-state index contributed by atoms with van der Waals surface area (Å²) in [5.74, 6) is -2.24. The van der Waals surface area contributed by atoms with Crippen LogP contribution in [0.3, 0.4) is 0 Å². The number of rotatable bonds is 9. The summed E-state index contributed by atoms with van der Waals surface area (Å²) in [5, 5.41) is 42.1. The quantitative estimate of drug-likeness (QED) is 0.164. The highest BCUT2D eigenvalue weighted by atomic mass is 32.3. The molecule has 10 atom stereocenters. The molecule has 2 aliphatic heterocycles. The summed E-state index contributed by atoms with van der Waals surface area (Å²) in [7, 11) is -2.93. The lowest BCUT2D eigenvalue weighted by Gasteiger charge is -2.47. The number of methoxy groups -OCH3 is 2. The smallest absolute Gasteiger partial charge is 0.397 e. The second-order valence-corrected chi connectivity index (χ2v) is 8.27. The predicted molar refractivity (Wildman–Crippen MR) is 101 cm³/mol. The number of carboxylic acid groups (broad SMARTS) is 1. The Morgan fingerprint density at radius 1 is 1.00 bits per heavy atom. The first kappa shape index (κ1) is 27.7. The fourth-order valence-electron chi connectivity index (χ4n) is 3.62. The van der Waals surface area contributed by atoms with Gasteiger partial charge in [-0.3, -0.25) is 9.35 Å². The minimum absolute atomic E-state index is 0.666. The van der Waals surface area contributed by atoms with Gasteiger partial charge in [0.25, 0.3) is 0 Å². The lowest BCUT2D eigenvalue weighted by molar-refractivity contribution is -0.337. The molecule has 2 aliphatic rings. The Bertz CT molecular complexity index is 793. The van der Waals surface area contributed by atoms with Gasteiger partial charge in [-0.25, -0.2) is 8.98 Å². The average molecular weight is 505 g/mol. The van der Waals surface area contributed by atoms with Gasteiger partial charge in [0.2, 0.25) is 5.91 Å². The van der Waals surface area contributed by atoms with Crippen molar-refractivity contribution in [3.8, 4) is 0 Å². The van der Waals surface area contributed by atoms with Crippen LogP contribution >= 0.6 is 0 Å². The minimum atomic E-state index is -5.17. The third-order valence-corrected chi connectivity index (χ3v) is 5.48. The molecule has 192 valence electrons. The van der Waals surface area contributed by atoms with E-state index in [2.05, 4.69) is 9.50 Å². The predicted octanol–water partition coefficient (Wildman–Crippen LogP) is -4.03. The fourth-order valence-corrected chi connectivity index (χ4v) is 4.14. The van der Waals surface area contributed by atoms with Gasteiger partial charge in [0.1, 0.15) is 42.7 Å². The molecule has 0 aliphatic carbocycles. The largest absolute Gasteiger partial charge is 0.479 e. The van der Waals surface area contributed by atoms with Gasteiger partial charge in [0, 0.05) is 21.1 Å². The van der Waals surface area contributed by atoms with Gasteiger partial charge in [-0.05, 0) is 0 Å². The fraction of sp³-hybridized carbons (Fsp3) is 0.875. The number of hydrogen-bond acceptors (Lipinski definition) is 13. The standard InChI is InChI=1S/C16H27NO15S/c1-5(19)17-7-11(10(32-33(24,25)26)6(4-18)29-15(7)28-3)30-16-9(21)8(20)12(27-2)13(31-16)14(22)23/h6-13,15-16,18,20-21H,4H2,1-3H3,(H,17,19)(H,22,23)(H,24,25,26)/t6?,7-,8?,9-,10-,11?,12-,13?,15+,16+/m0/s1. The van der Waals surface area contributed by atoms with Crippen molar-refractivity contribution < 1.29 is 70.9 Å². The number of aliphatic carboxylic acids is 1. The summed E-state index contributed by atoms with van der Waals surface area (Å²) >= 11 is 0. The monoisotopic (exact) mass is 505 g/mol. The van der Waals surface area contributed by atoms with Gasteiger partial charge in [0.15, 0.2) is 18.7 Å². The molecule has 4 unspecified atom stereocenters. The van der Waals surface area contributed by atoms with E-state index in [1.165, 1.54) is 0 Å². The van der Waals surface area contributed by atoms with Crippen molar-refractivity contribution in [3.05, 3.63) is 0 Å². The number of carbonyl (C=O) groups excluding carboxylic acids is 1. The van der Waals surface area contributed by atoms with Crippen molar-refractivity contribution in [3.63, 3.8) is 0 Å². The Kier molecular flexibility index (Phi) is 9.48. The van der Waals surface area contributed by atoms with E-state index in [1.807, 2.05) is 0 Å². The first-order chi connectivity index (χ1) is 15.3. The topological polar surface area (TPSA) is 237 Å². The Morgan fingerprint density at radius 3 is 2.09 bits per heavy atom. The maximum atomic E-state index is 11.7. The number of nitrogens with one attached hydrogen (secondary N) is 1. The third-order valence-electron chi connectivity index (χ3n) is 5.01. The van der Waals surface area contributed by atoms with Crippen LogP contribution in [0.1, 0.15) is 6.92 Å². The van der Waals surface area contributed by atoms with E-state index in [9.17, 15) is 43.0 Å². The van der Waals surface area contributed by atoms with Gasteiger partial charge < -0.3 is 49.4 Å². The summed E-state index contributed by atoms with van der Waals surface area (Å²) in [6.07, 6.45) is -15.3. The van der Waals surface area contributed by atoms with Crippen LogP contribution in [0.25, 0.3) is 0 Å². The highest BCUT2D eigenvalue weighted by molar-refractivity contribution is 7.80. The normalized spacial score (nSPS) is 39.7. The number of aliphatic hydroxyl groups excluding tert-OH is 3. The molecule has 17 heteroatoms. The third kappa shape index (κ3) is 6.55. The van der Waals surface area contributed by atoms with Crippen LogP contribution in [0.5, 0.6) is 0 Å². The molecular formula is C16H27NO15S. The molecule has 0 aromatic rings. The minimum Gasteiger partial charge on any atom is -0.479 e. The van der Waals surface area contributed by atoms with E-state index < -0.39 is 90.2 Å². The zero-order chi connectivity index (χ0) is 25.1. The molecule has 2 saturated heterocycles. The van der Waals surface area contributed by atoms with Gasteiger partial charge in [-0.2, -0.15) is 8.42 Å². The Morgan fingerprint density at radius 2 is 1.64 bits per heavy atom. The SMILES string of the molecule is CO[C@@H]1C(C(=O)O)O[C@@H](OC2[C@@H](OS(=O)(=O)O)C(CO)O[C@@H](OC)[C@H]2NC(C)=O)[C@@H](O)C1O. The lowest BCUT2D eigenvalue weighted by atomic mass is 9.95. The van der Waals surface area contributed by atoms with Crippen LogP contribution in [0.2, 0.25) is 0 Å². The summed E-state index contributed by atoms with van der Waals surface area (Å²) in [5.41, 5.74) is 0. The van der Waals surface area contributed by atoms with Crippen molar-refractivity contribution in [2.24, 2.45) is 0 Å². The molecule has 0 aromatic carbocycles. The van der Waals surface area contributed by atoms with Crippen molar-refractivity contribution in [1.82, 2.24) is 5.32 Å². The molecule has 33 heavy (non-hydrogen) atoms. The van der Waals surface area contributed by atoms with Crippen molar-refractivity contribution in [1.29, 1.82) is 0 Å². The van der Waals surface area contributed by atoms with Crippen LogP contribution in [0, 0.1) is 0 Å². The van der Waals surface area contributed by atoms with Crippen molar-refractivity contribution in [2.45, 2.75) is 68.3 Å². The van der Waals surface area contributed by atoms with E-state index in [0.29, 0.717) is 0 Å². The van der Waals surface area contributed by atoms with Crippen LogP contribution in [0.4, 0.5) is 0 Å². The maximum absolute atomic E-state index is 11.7. The highest BCUT2D eigenvalue weighted by Crippen LogP contribution is 2.32. The molecule has 0 saturated carbocycles. The molecule has 0 spiro atoms. The van der Waals surface area contributed by atoms with Crippen molar-refractivity contribution in [2.75, 3.05) is 20.8 Å². The van der Waals surface area contributed by atoms with E-state index in [1.54, 1.807) is 0 Å². The first-order valence-corrected chi connectivity index (χ1v) is 10.9. The number of hydrogen-bond donors (Lipinski definition) is 6. The number of aliphatic hydroxyl groups is 3.